The van der Waals surface area contributed by atoms with Crippen molar-refractivity contribution in [1.29, 1.82) is 0 Å². The summed E-state index contributed by atoms with van der Waals surface area (Å²) < 4.78 is 9.90. The minimum absolute atomic E-state index is 0.502. The number of rotatable bonds is 4. The first kappa shape index (κ1) is 14.0. The quantitative estimate of drug-likeness (QED) is 0.464. The van der Waals surface area contributed by atoms with Gasteiger partial charge < -0.3 is 9.64 Å². The Morgan fingerprint density at radius 2 is 1.72 bits per heavy atom. The molecule has 0 fully saturated rings. The van der Waals surface area contributed by atoms with Crippen LogP contribution >= 0.6 is 0 Å². The van der Waals surface area contributed by atoms with Crippen LogP contribution in [0.1, 0.15) is 25.7 Å². The van der Waals surface area contributed by atoms with Gasteiger partial charge in [0.15, 0.2) is 0 Å². The van der Waals surface area contributed by atoms with E-state index in [0.717, 1.165) is 5.69 Å². The standard InChI is InChI=1S/C13H17NO4/c1-9(15)17-13(18-10(2)16)11-5-7-12(8-6-11)14(3)4/h5-8,13H,1-4H3/q+1. The van der Waals surface area contributed by atoms with Gasteiger partial charge in [0, 0.05) is 31.5 Å². The summed E-state index contributed by atoms with van der Waals surface area (Å²) in [5.74, 6) is -1.00. The van der Waals surface area contributed by atoms with E-state index in [1.165, 1.54) is 13.8 Å². The highest BCUT2D eigenvalue weighted by molar-refractivity contribution is 5.68. The highest BCUT2D eigenvalue weighted by atomic mass is 16.7. The molecule has 0 amide bonds. The third-order valence-corrected chi connectivity index (χ3v) is 2.23. The molecule has 97 valence electrons. The molecule has 0 N–H and O–H groups in total. The van der Waals surface area contributed by atoms with Crippen molar-refractivity contribution in [2.75, 3.05) is 19.0 Å². The van der Waals surface area contributed by atoms with Crippen molar-refractivity contribution in [2.24, 2.45) is 0 Å². The topological polar surface area (TPSA) is 58.7 Å². The molecule has 0 saturated carbocycles. The number of hydrogen-bond donors (Lipinski definition) is 0. The van der Waals surface area contributed by atoms with Crippen molar-refractivity contribution < 1.29 is 19.1 Å². The van der Waals surface area contributed by atoms with Gasteiger partial charge in [-0.05, 0) is 24.3 Å². The Kier molecular flexibility index (Phi) is 4.71. The molecule has 0 spiro atoms. The Labute approximate surface area is 106 Å². The van der Waals surface area contributed by atoms with Crippen molar-refractivity contribution in [2.45, 2.75) is 20.1 Å². The van der Waals surface area contributed by atoms with E-state index in [2.05, 4.69) is 0 Å². The van der Waals surface area contributed by atoms with E-state index in [4.69, 9.17) is 9.47 Å². The molecule has 0 saturated heterocycles. The van der Waals surface area contributed by atoms with E-state index in [-0.39, 0.29) is 0 Å². The SMILES string of the molecule is CC(=O)OC(OC(C)=[O+])c1ccc(N(C)C)cc1. The summed E-state index contributed by atoms with van der Waals surface area (Å²) in [5, 5.41) is 0. The van der Waals surface area contributed by atoms with Gasteiger partial charge in [0.05, 0.1) is 12.5 Å². The fourth-order valence-electron chi connectivity index (χ4n) is 1.39. The van der Waals surface area contributed by atoms with Gasteiger partial charge in [-0.25, -0.2) is 0 Å². The van der Waals surface area contributed by atoms with Gasteiger partial charge in [0.1, 0.15) is 0 Å². The van der Waals surface area contributed by atoms with Gasteiger partial charge in [-0.1, -0.05) is 0 Å². The maximum Gasteiger partial charge on any atom is 0.574 e. The number of nitrogens with zero attached hydrogens (tertiary/aromatic N) is 1. The molecule has 5 heteroatoms. The van der Waals surface area contributed by atoms with E-state index in [9.17, 15) is 9.59 Å². The molecule has 0 aromatic heterocycles. The molecule has 1 aromatic rings. The zero-order chi connectivity index (χ0) is 13.7. The molecule has 0 aliphatic carbocycles. The first-order valence-corrected chi connectivity index (χ1v) is 5.52. The van der Waals surface area contributed by atoms with Crippen molar-refractivity contribution >= 4 is 17.6 Å². The van der Waals surface area contributed by atoms with Crippen molar-refractivity contribution in [1.82, 2.24) is 0 Å². The predicted molar refractivity (Wildman–Crippen MR) is 67.0 cm³/mol. The summed E-state index contributed by atoms with van der Waals surface area (Å²) in [6.45, 7) is 2.54. The maximum absolute atomic E-state index is 11.0. The van der Waals surface area contributed by atoms with Crippen LogP contribution in [0.15, 0.2) is 24.3 Å². The number of anilines is 1. The summed E-state index contributed by atoms with van der Waals surface area (Å²) >= 11 is 0. The first-order chi connectivity index (χ1) is 8.40. The van der Waals surface area contributed by atoms with E-state index < -0.39 is 18.2 Å². The number of benzene rings is 1. The van der Waals surface area contributed by atoms with Gasteiger partial charge in [-0.2, -0.15) is 0 Å². The van der Waals surface area contributed by atoms with E-state index in [1.807, 2.05) is 31.1 Å². The number of ether oxygens (including phenoxy) is 2. The molecule has 0 aliphatic rings. The summed E-state index contributed by atoms with van der Waals surface area (Å²) in [6, 6.07) is 7.22. The lowest BCUT2D eigenvalue weighted by atomic mass is 10.2. The second kappa shape index (κ2) is 6.05. The number of carbonyl (C=O) groups excluding carboxylic acids is 2. The number of carbonyl (C=O) groups is 2. The Morgan fingerprint density at radius 1 is 1.17 bits per heavy atom. The van der Waals surface area contributed by atoms with Crippen molar-refractivity contribution in [3.63, 3.8) is 0 Å². The van der Waals surface area contributed by atoms with Crippen LogP contribution in [0.4, 0.5) is 5.69 Å². The molecule has 0 aliphatic heterocycles. The largest absolute Gasteiger partial charge is 0.574 e. The van der Waals surface area contributed by atoms with Crippen LogP contribution < -0.4 is 4.90 Å². The van der Waals surface area contributed by atoms with Crippen LogP contribution in [-0.2, 0) is 19.1 Å². The Morgan fingerprint density at radius 3 is 2.11 bits per heavy atom. The van der Waals surface area contributed by atoms with Gasteiger partial charge in [0.25, 0.3) is 0 Å². The van der Waals surface area contributed by atoms with Gasteiger partial charge in [-0.3, -0.25) is 9.53 Å². The lowest BCUT2D eigenvalue weighted by Crippen LogP contribution is -2.15. The molecule has 0 heterocycles. The van der Waals surface area contributed by atoms with Crippen LogP contribution in [0.5, 0.6) is 0 Å². The Hall–Kier alpha value is -2.04. The van der Waals surface area contributed by atoms with Crippen molar-refractivity contribution in [3.05, 3.63) is 29.8 Å². The minimum Gasteiger partial charge on any atom is -0.397 e. The molecule has 0 atom stereocenters. The number of hydrogen-bond acceptors (Lipinski definition) is 5. The zero-order valence-electron chi connectivity index (χ0n) is 11.0. The summed E-state index contributed by atoms with van der Waals surface area (Å²) in [6.07, 6.45) is -0.990. The molecule has 1 aromatic carbocycles. The van der Waals surface area contributed by atoms with E-state index >= 15 is 0 Å². The monoisotopic (exact) mass is 251 g/mol. The molecule has 0 unspecified atom stereocenters. The molecular weight excluding hydrogens is 234 g/mol. The van der Waals surface area contributed by atoms with Crippen LogP contribution in [0, 0.1) is 0 Å². The normalized spacial score (nSPS) is 11.6. The first-order valence-electron chi connectivity index (χ1n) is 5.52. The minimum atomic E-state index is -0.990. The second-order valence-corrected chi connectivity index (χ2v) is 4.04. The van der Waals surface area contributed by atoms with Gasteiger partial charge >= 0.3 is 18.2 Å². The highest BCUT2D eigenvalue weighted by Gasteiger charge is 2.26. The summed E-state index contributed by atoms with van der Waals surface area (Å²) in [7, 11) is 3.84. The van der Waals surface area contributed by atoms with Gasteiger partial charge in [0.2, 0.25) is 0 Å². The molecular formula is C13H17NO4+. The lowest BCUT2D eigenvalue weighted by molar-refractivity contribution is -0.186. The molecule has 5 nitrogen and oxygen atoms in total. The van der Waals surface area contributed by atoms with Crippen LogP contribution in [0.3, 0.4) is 0 Å². The highest BCUT2D eigenvalue weighted by Crippen LogP contribution is 2.22. The van der Waals surface area contributed by atoms with Crippen LogP contribution in [0.25, 0.3) is 0 Å². The fraction of sp³-hybridized carbons (Fsp3) is 0.385. The third kappa shape index (κ3) is 4.08. The molecule has 1 radical (unpaired) electrons. The van der Waals surface area contributed by atoms with E-state index in [0.29, 0.717) is 5.56 Å². The maximum atomic E-state index is 11.0. The van der Waals surface area contributed by atoms with Gasteiger partial charge in [-0.15, -0.1) is 0 Å². The summed E-state index contributed by atoms with van der Waals surface area (Å²) in [4.78, 5) is 23.9. The molecule has 18 heavy (non-hydrogen) atoms. The number of esters is 2. The average Bonchev–Trinajstić information content (AvgIpc) is 2.27. The van der Waals surface area contributed by atoms with Crippen molar-refractivity contribution in [3.8, 4) is 0 Å². The fourth-order valence-corrected chi connectivity index (χ4v) is 1.39. The Bertz CT molecular complexity index is 409. The smallest absolute Gasteiger partial charge is 0.397 e. The Balaban J connectivity index is 2.90. The lowest BCUT2D eigenvalue weighted by Gasteiger charge is -2.14. The predicted octanol–water partition coefficient (Wildman–Crippen LogP) is 1.88. The zero-order valence-corrected chi connectivity index (χ0v) is 11.0. The van der Waals surface area contributed by atoms with E-state index in [1.54, 1.807) is 12.1 Å². The second-order valence-electron chi connectivity index (χ2n) is 4.04. The van der Waals surface area contributed by atoms with Crippen LogP contribution in [-0.4, -0.2) is 26.0 Å². The molecule has 1 rings (SSSR count). The average molecular weight is 251 g/mol. The summed E-state index contributed by atoms with van der Waals surface area (Å²) in [5.41, 5.74) is 1.62. The third-order valence-electron chi connectivity index (χ3n) is 2.23. The molecule has 0 bridgehead atoms. The van der Waals surface area contributed by atoms with Crippen LogP contribution in [0.2, 0.25) is 0 Å².